The molecule has 3 aromatic carbocycles. The zero-order valence-electron chi connectivity index (χ0n) is 23.1. The van der Waals surface area contributed by atoms with Crippen molar-refractivity contribution in [2.24, 2.45) is 10.9 Å². The third-order valence-corrected chi connectivity index (χ3v) is 7.19. The van der Waals surface area contributed by atoms with Gasteiger partial charge in [0.05, 0.1) is 24.5 Å². The normalized spacial score (nSPS) is 17.7. The Balaban J connectivity index is 1.50. The maximum absolute atomic E-state index is 13.6. The number of phenols is 1. The molecule has 0 spiro atoms. The van der Waals surface area contributed by atoms with E-state index in [9.17, 15) is 28.6 Å². The molecule has 1 aliphatic rings. The first-order valence-corrected chi connectivity index (χ1v) is 13.4. The zero-order valence-corrected chi connectivity index (χ0v) is 23.1. The van der Waals surface area contributed by atoms with Crippen molar-refractivity contribution in [1.29, 1.82) is 0 Å². The predicted octanol–water partition coefficient (Wildman–Crippen LogP) is 6.13. The molecule has 0 aliphatic carbocycles. The Morgan fingerprint density at radius 3 is 2.38 bits per heavy atom. The Bertz CT molecular complexity index is 1490. The molecule has 4 rings (SSSR count). The van der Waals surface area contributed by atoms with Gasteiger partial charge in [0, 0.05) is 24.5 Å². The van der Waals surface area contributed by atoms with Crippen LogP contribution in [0.2, 0.25) is 0 Å². The number of phenolic OH excluding ortho intramolecular Hbond substituents is 1. The average Bonchev–Trinajstić information content (AvgIpc) is 2.98. The van der Waals surface area contributed by atoms with E-state index in [1.165, 1.54) is 59.5 Å². The first-order chi connectivity index (χ1) is 20.2. The third kappa shape index (κ3) is 7.16. The van der Waals surface area contributed by atoms with E-state index in [-0.39, 0.29) is 31.1 Å². The lowest BCUT2D eigenvalue weighted by atomic mass is 9.77. The van der Waals surface area contributed by atoms with E-state index in [0.29, 0.717) is 34.4 Å². The number of allylic oxidation sites excluding steroid dienone is 2. The van der Waals surface area contributed by atoms with Gasteiger partial charge >= 0.3 is 5.97 Å². The molecule has 7 nitrogen and oxygen atoms in total. The first-order valence-electron chi connectivity index (χ1n) is 13.4. The highest BCUT2D eigenvalue weighted by atomic mass is 19.1. The van der Waals surface area contributed by atoms with Gasteiger partial charge in [0.1, 0.15) is 24.0 Å². The topological polar surface area (TPSA) is 99.4 Å². The van der Waals surface area contributed by atoms with Gasteiger partial charge in [0.2, 0.25) is 5.91 Å². The molecule has 0 unspecified atom stereocenters. The molecule has 3 atom stereocenters. The number of β-lactam (4-membered cyclic amide) rings is 1. The number of aliphatic hydroxyl groups is 1. The van der Waals surface area contributed by atoms with E-state index in [0.717, 1.165) is 0 Å². The number of hydrogen-bond acceptors (Lipinski definition) is 6. The Hall–Kier alpha value is -4.63. The maximum Gasteiger partial charge on any atom is 0.310 e. The Morgan fingerprint density at radius 1 is 1.10 bits per heavy atom. The predicted molar refractivity (Wildman–Crippen MR) is 156 cm³/mol. The molecule has 0 bridgehead atoms. The third-order valence-electron chi connectivity index (χ3n) is 7.19. The minimum Gasteiger partial charge on any atom is -0.508 e. The molecule has 0 radical (unpaired) electrons. The molecule has 9 heteroatoms. The van der Waals surface area contributed by atoms with Gasteiger partial charge in [-0.3, -0.25) is 14.6 Å². The van der Waals surface area contributed by atoms with Crippen molar-refractivity contribution in [1.82, 2.24) is 0 Å². The lowest BCUT2D eigenvalue weighted by Crippen LogP contribution is -2.55. The van der Waals surface area contributed by atoms with Crippen LogP contribution in [0.1, 0.15) is 48.1 Å². The highest BCUT2D eigenvalue weighted by Gasteiger charge is 2.49. The summed E-state index contributed by atoms with van der Waals surface area (Å²) in [5.74, 6) is -2.23. The molecule has 3 aromatic rings. The Labute approximate surface area is 243 Å². The van der Waals surface area contributed by atoms with Crippen molar-refractivity contribution >= 4 is 23.8 Å². The van der Waals surface area contributed by atoms with Crippen molar-refractivity contribution in [3.63, 3.8) is 0 Å². The maximum atomic E-state index is 13.6. The van der Waals surface area contributed by atoms with Crippen LogP contribution >= 0.6 is 0 Å². The number of ether oxygens (including phenoxy) is 1. The summed E-state index contributed by atoms with van der Waals surface area (Å²) in [5, 5.41) is 21.7. The molecule has 1 saturated heterocycles. The number of halogens is 2. The lowest BCUT2D eigenvalue weighted by molar-refractivity contribution is -0.144. The molecule has 2 N–H and O–H groups in total. The minimum atomic E-state index is -0.907. The number of nitrogens with zero attached hydrogens (tertiary/aromatic N) is 2. The quantitative estimate of drug-likeness (QED) is 0.117. The van der Waals surface area contributed by atoms with Crippen molar-refractivity contribution in [3.05, 3.63) is 119 Å². The molecule has 1 aliphatic heterocycles. The van der Waals surface area contributed by atoms with Crippen LogP contribution in [-0.2, 0) is 20.9 Å². The number of amides is 1. The van der Waals surface area contributed by atoms with Gasteiger partial charge in [-0.1, -0.05) is 36.9 Å². The number of hydrogen-bond donors (Lipinski definition) is 2. The number of rotatable bonds is 12. The lowest BCUT2D eigenvalue weighted by Gasteiger charge is -2.48. The molecule has 1 fully saturated rings. The molecule has 42 heavy (non-hydrogen) atoms. The van der Waals surface area contributed by atoms with Gasteiger partial charge in [0.25, 0.3) is 0 Å². The van der Waals surface area contributed by atoms with Gasteiger partial charge in [-0.15, -0.1) is 0 Å². The molecular weight excluding hydrogens is 542 g/mol. The molecule has 0 saturated carbocycles. The first kappa shape index (κ1) is 30.3. The van der Waals surface area contributed by atoms with Crippen LogP contribution in [0.5, 0.6) is 5.75 Å². The number of carbonyl (C=O) groups excluding carboxylic acids is 2. The van der Waals surface area contributed by atoms with Gasteiger partial charge in [0.15, 0.2) is 0 Å². The number of aromatic hydroxyl groups is 1. The second-order valence-electron chi connectivity index (χ2n) is 9.96. The summed E-state index contributed by atoms with van der Waals surface area (Å²) in [6, 6.07) is 15.3. The minimum absolute atomic E-state index is 0.0157. The fraction of sp³-hybridized carbons (Fsp3) is 0.242. The Kier molecular flexibility index (Phi) is 9.98. The fourth-order valence-electron chi connectivity index (χ4n) is 4.94. The molecule has 1 heterocycles. The SMILES string of the molecule is C=C/C(=C\C=NC)CC(=O)OCc1ccc([C@@H]2[C@@H](CC[C@H](O)c3ccc(F)cc3)C(=O)N2c2ccc(F)cc2)c(O)c1. The molecule has 218 valence electrons. The van der Waals surface area contributed by atoms with Crippen LogP contribution in [0.3, 0.4) is 0 Å². The van der Waals surface area contributed by atoms with E-state index in [2.05, 4.69) is 11.6 Å². The van der Waals surface area contributed by atoms with Crippen molar-refractivity contribution in [2.45, 2.75) is 38.0 Å². The van der Waals surface area contributed by atoms with E-state index < -0.39 is 35.7 Å². The van der Waals surface area contributed by atoms with E-state index in [1.807, 2.05) is 0 Å². The summed E-state index contributed by atoms with van der Waals surface area (Å²) in [6.07, 6.45) is 4.40. The summed E-state index contributed by atoms with van der Waals surface area (Å²) < 4.78 is 32.2. The monoisotopic (exact) mass is 574 g/mol. The van der Waals surface area contributed by atoms with Crippen LogP contribution < -0.4 is 4.90 Å². The average molecular weight is 575 g/mol. The molecule has 1 amide bonds. The van der Waals surface area contributed by atoms with Crippen LogP contribution in [-0.4, -0.2) is 35.4 Å². The van der Waals surface area contributed by atoms with Crippen molar-refractivity contribution in [3.8, 4) is 5.75 Å². The molecule has 0 aromatic heterocycles. The van der Waals surface area contributed by atoms with E-state index in [4.69, 9.17) is 4.74 Å². The largest absolute Gasteiger partial charge is 0.508 e. The van der Waals surface area contributed by atoms with Gasteiger partial charge < -0.3 is 19.8 Å². The second kappa shape index (κ2) is 13.8. The smallest absolute Gasteiger partial charge is 0.310 e. The summed E-state index contributed by atoms with van der Waals surface area (Å²) in [5.41, 5.74) is 2.66. The summed E-state index contributed by atoms with van der Waals surface area (Å²) in [7, 11) is 1.61. The molecular formula is C33H32F2N2O5. The van der Waals surface area contributed by atoms with Gasteiger partial charge in [-0.05, 0) is 78.1 Å². The van der Waals surface area contributed by atoms with Crippen LogP contribution in [0, 0.1) is 17.6 Å². The summed E-state index contributed by atoms with van der Waals surface area (Å²) in [6.45, 7) is 3.60. The van der Waals surface area contributed by atoms with Crippen LogP contribution in [0.25, 0.3) is 0 Å². The fourth-order valence-corrected chi connectivity index (χ4v) is 4.94. The van der Waals surface area contributed by atoms with Crippen molar-refractivity contribution in [2.75, 3.05) is 11.9 Å². The second-order valence-corrected chi connectivity index (χ2v) is 9.96. The highest BCUT2D eigenvalue weighted by molar-refractivity contribution is 6.03. The number of aliphatic imine (C=N–C) groups is 1. The van der Waals surface area contributed by atoms with E-state index in [1.54, 1.807) is 37.5 Å². The van der Waals surface area contributed by atoms with Crippen molar-refractivity contribution < 1.29 is 33.3 Å². The number of carbonyl (C=O) groups is 2. The number of esters is 1. The van der Waals surface area contributed by atoms with E-state index >= 15 is 0 Å². The van der Waals surface area contributed by atoms with Crippen LogP contribution in [0.4, 0.5) is 14.5 Å². The number of aliphatic hydroxyl groups excluding tert-OH is 1. The summed E-state index contributed by atoms with van der Waals surface area (Å²) in [4.78, 5) is 30.9. The number of anilines is 1. The summed E-state index contributed by atoms with van der Waals surface area (Å²) >= 11 is 0. The van der Waals surface area contributed by atoms with Gasteiger partial charge in [-0.25, -0.2) is 8.78 Å². The Morgan fingerprint density at radius 2 is 1.76 bits per heavy atom. The number of benzene rings is 3. The van der Waals surface area contributed by atoms with Gasteiger partial charge in [-0.2, -0.15) is 0 Å². The van der Waals surface area contributed by atoms with Crippen LogP contribution in [0.15, 0.2) is 96.0 Å². The highest BCUT2D eigenvalue weighted by Crippen LogP contribution is 2.48. The zero-order chi connectivity index (χ0) is 30.2. The standard InChI is InChI=1S/C33H32F2N2O5/c1-3-21(16-17-36-2)19-31(40)42-20-22-4-13-27(30(39)18-22)32-28(14-15-29(38)23-5-7-24(34)8-6-23)33(41)37(32)26-11-9-25(35)10-12-26/h3-13,16-18,28-29,32,38-39H,1,14-15,19-20H2,2H3/b21-16+,36-17?/t28-,29+,32-/m1/s1.